The van der Waals surface area contributed by atoms with Crippen molar-refractivity contribution in [3.8, 4) is 0 Å². The minimum absolute atomic E-state index is 0.0731. The van der Waals surface area contributed by atoms with E-state index < -0.39 is 6.04 Å². The molecule has 0 fully saturated rings. The fraction of sp³-hybridized carbons (Fsp3) is 0.125. The molecule has 1 aromatic heterocycles. The summed E-state index contributed by atoms with van der Waals surface area (Å²) in [4.78, 5) is 17.9. The number of fused-ring (bicyclic) bond motifs is 1. The molecule has 0 atom stereocenters. The predicted octanol–water partition coefficient (Wildman–Crippen LogP) is 3.74. The number of carbonyl (C=O) groups excluding carboxylic acids is 1. The Hall–Kier alpha value is -2.69. The number of H-pyrrole nitrogens is 1. The second-order valence-electron chi connectivity index (χ2n) is 4.78. The molecule has 3 aromatic rings. The molecule has 0 unspecified atom stereocenters. The normalized spacial score (nSPS) is 10.7. The summed E-state index contributed by atoms with van der Waals surface area (Å²) in [5.74, 6) is 0.669. The maximum Gasteiger partial charge on any atom is 0.301 e. The molecule has 0 aliphatic carbocycles. The summed E-state index contributed by atoms with van der Waals surface area (Å²) in [6, 6.07) is 14.0. The Morgan fingerprint density at radius 2 is 1.90 bits per heavy atom. The molecule has 0 saturated carbocycles. The van der Waals surface area contributed by atoms with Gasteiger partial charge in [-0.2, -0.15) is 4.39 Å². The number of nitrogens with zero attached hydrogens (tertiary/aromatic N) is 1. The number of aromatic nitrogens is 2. The van der Waals surface area contributed by atoms with Gasteiger partial charge in [-0.25, -0.2) is 4.98 Å². The van der Waals surface area contributed by atoms with Crippen LogP contribution in [0.5, 0.6) is 0 Å². The summed E-state index contributed by atoms with van der Waals surface area (Å²) in [5, 5.41) is 3.18. The van der Waals surface area contributed by atoms with Crippen LogP contribution in [0.3, 0.4) is 0 Å². The Morgan fingerprint density at radius 3 is 2.62 bits per heavy atom. The number of aryl methyl sites for hydroxylation is 1. The van der Waals surface area contributed by atoms with E-state index in [1.54, 1.807) is 0 Å². The molecule has 106 valence electrons. The standard InChI is InChI=1S/C16H14FN3O/c17-15(21)10-7-11-5-8-12(9-6-11)18-16-19-13-3-1-2-4-14(13)20-16/h1-6,8-9H,7,10H2,(H2,18,19,20). The number of aromatic amines is 1. The highest BCUT2D eigenvalue weighted by Crippen LogP contribution is 2.18. The molecule has 0 saturated heterocycles. The quantitative estimate of drug-likeness (QED) is 0.701. The van der Waals surface area contributed by atoms with Gasteiger partial charge in [-0.1, -0.05) is 24.3 Å². The average molecular weight is 283 g/mol. The van der Waals surface area contributed by atoms with E-state index in [9.17, 15) is 9.18 Å². The fourth-order valence-corrected chi connectivity index (χ4v) is 2.15. The van der Waals surface area contributed by atoms with Crippen LogP contribution in [0.1, 0.15) is 12.0 Å². The first-order chi connectivity index (χ1) is 10.2. The van der Waals surface area contributed by atoms with Crippen LogP contribution < -0.4 is 5.32 Å². The predicted molar refractivity (Wildman–Crippen MR) is 80.3 cm³/mol. The number of rotatable bonds is 5. The van der Waals surface area contributed by atoms with Crippen molar-refractivity contribution in [2.45, 2.75) is 12.8 Å². The van der Waals surface area contributed by atoms with E-state index in [4.69, 9.17) is 0 Å². The van der Waals surface area contributed by atoms with Gasteiger partial charge in [-0.15, -0.1) is 0 Å². The van der Waals surface area contributed by atoms with Gasteiger partial charge in [0.05, 0.1) is 11.0 Å². The third-order valence-corrected chi connectivity index (χ3v) is 3.22. The van der Waals surface area contributed by atoms with Crippen molar-refractivity contribution in [3.63, 3.8) is 0 Å². The Balaban J connectivity index is 1.71. The van der Waals surface area contributed by atoms with Gasteiger partial charge in [0.25, 0.3) is 0 Å². The Morgan fingerprint density at radius 1 is 1.14 bits per heavy atom. The van der Waals surface area contributed by atoms with Gasteiger partial charge in [0.1, 0.15) is 0 Å². The molecular formula is C16H14FN3O. The summed E-state index contributed by atoms with van der Waals surface area (Å²) in [5.41, 5.74) is 3.68. The molecule has 2 N–H and O–H groups in total. The smallest absolute Gasteiger partial charge is 0.301 e. The van der Waals surface area contributed by atoms with Crippen molar-refractivity contribution in [2.75, 3.05) is 5.32 Å². The maximum absolute atomic E-state index is 12.2. The molecule has 2 aromatic carbocycles. The summed E-state index contributed by atoms with van der Waals surface area (Å²) in [7, 11) is 0. The van der Waals surface area contributed by atoms with E-state index in [-0.39, 0.29) is 6.42 Å². The Bertz CT molecular complexity index is 732. The molecule has 0 bridgehead atoms. The third-order valence-electron chi connectivity index (χ3n) is 3.22. The lowest BCUT2D eigenvalue weighted by Gasteiger charge is -2.04. The summed E-state index contributed by atoms with van der Waals surface area (Å²) in [6.07, 6.45) is 0.344. The van der Waals surface area contributed by atoms with Crippen molar-refractivity contribution >= 4 is 28.7 Å². The highest BCUT2D eigenvalue weighted by atomic mass is 19.1. The van der Waals surface area contributed by atoms with E-state index in [1.807, 2.05) is 48.5 Å². The first-order valence-corrected chi connectivity index (χ1v) is 6.70. The van der Waals surface area contributed by atoms with Gasteiger partial charge in [-0.05, 0) is 36.2 Å². The van der Waals surface area contributed by atoms with Gasteiger partial charge in [0, 0.05) is 12.1 Å². The first-order valence-electron chi connectivity index (χ1n) is 6.70. The maximum atomic E-state index is 12.2. The Labute approximate surface area is 121 Å². The van der Waals surface area contributed by atoms with E-state index in [0.29, 0.717) is 12.4 Å². The molecule has 0 aliphatic rings. The third kappa shape index (κ3) is 3.25. The zero-order valence-electron chi connectivity index (χ0n) is 11.3. The zero-order valence-corrected chi connectivity index (χ0v) is 11.3. The molecule has 21 heavy (non-hydrogen) atoms. The van der Waals surface area contributed by atoms with Crippen molar-refractivity contribution in [3.05, 3.63) is 54.1 Å². The second kappa shape index (κ2) is 5.75. The van der Waals surface area contributed by atoms with E-state index in [0.717, 1.165) is 22.3 Å². The number of benzene rings is 2. The summed E-state index contributed by atoms with van der Waals surface area (Å²) >= 11 is 0. The number of hydrogen-bond donors (Lipinski definition) is 2. The van der Waals surface area contributed by atoms with Crippen molar-refractivity contribution < 1.29 is 9.18 Å². The lowest BCUT2D eigenvalue weighted by molar-refractivity contribution is -0.129. The molecule has 0 aliphatic heterocycles. The highest BCUT2D eigenvalue weighted by molar-refractivity contribution is 5.78. The summed E-state index contributed by atoms with van der Waals surface area (Å²) < 4.78 is 12.2. The first kappa shape index (κ1) is 13.3. The molecule has 0 spiro atoms. The molecule has 4 nitrogen and oxygen atoms in total. The molecule has 3 rings (SSSR count). The summed E-state index contributed by atoms with van der Waals surface area (Å²) in [6.45, 7) is 0. The van der Waals surface area contributed by atoms with E-state index in [2.05, 4.69) is 15.3 Å². The number of carbonyl (C=O) groups is 1. The monoisotopic (exact) mass is 283 g/mol. The minimum atomic E-state index is -1.28. The number of halogens is 1. The van der Waals surface area contributed by atoms with Gasteiger partial charge in [-0.3, -0.25) is 4.79 Å². The minimum Gasteiger partial charge on any atom is -0.326 e. The molecule has 0 amide bonds. The zero-order chi connectivity index (χ0) is 14.7. The van der Waals surface area contributed by atoms with Gasteiger partial charge in [0.2, 0.25) is 5.95 Å². The molecule has 0 radical (unpaired) electrons. The van der Waals surface area contributed by atoms with Crippen LogP contribution in [0, 0.1) is 0 Å². The Kier molecular flexibility index (Phi) is 3.64. The van der Waals surface area contributed by atoms with Crippen LogP contribution in [-0.2, 0) is 11.2 Å². The number of hydrogen-bond acceptors (Lipinski definition) is 3. The fourth-order valence-electron chi connectivity index (χ4n) is 2.15. The second-order valence-corrected chi connectivity index (χ2v) is 4.78. The van der Waals surface area contributed by atoms with Crippen LogP contribution in [0.2, 0.25) is 0 Å². The molecular weight excluding hydrogens is 269 g/mol. The van der Waals surface area contributed by atoms with Crippen LogP contribution in [0.25, 0.3) is 11.0 Å². The SMILES string of the molecule is O=C(F)CCc1ccc(Nc2nc3ccccc3[nH]2)cc1. The van der Waals surface area contributed by atoms with Crippen molar-refractivity contribution in [1.29, 1.82) is 0 Å². The lowest BCUT2D eigenvalue weighted by Crippen LogP contribution is -1.95. The number of imidazole rings is 1. The van der Waals surface area contributed by atoms with Gasteiger partial charge < -0.3 is 10.3 Å². The van der Waals surface area contributed by atoms with Crippen LogP contribution in [0.4, 0.5) is 16.0 Å². The number of para-hydroxylation sites is 2. The van der Waals surface area contributed by atoms with Gasteiger partial charge in [0.15, 0.2) is 0 Å². The molecule has 5 heteroatoms. The van der Waals surface area contributed by atoms with Crippen molar-refractivity contribution in [2.24, 2.45) is 0 Å². The van der Waals surface area contributed by atoms with Crippen LogP contribution in [0.15, 0.2) is 48.5 Å². The van der Waals surface area contributed by atoms with Crippen LogP contribution >= 0.6 is 0 Å². The van der Waals surface area contributed by atoms with Crippen molar-refractivity contribution in [1.82, 2.24) is 9.97 Å². The van der Waals surface area contributed by atoms with Crippen LogP contribution in [-0.4, -0.2) is 16.0 Å². The van der Waals surface area contributed by atoms with Gasteiger partial charge >= 0.3 is 6.04 Å². The largest absolute Gasteiger partial charge is 0.326 e. The highest BCUT2D eigenvalue weighted by Gasteiger charge is 2.03. The van der Waals surface area contributed by atoms with E-state index >= 15 is 0 Å². The average Bonchev–Trinajstić information content (AvgIpc) is 2.88. The number of anilines is 2. The number of nitrogens with one attached hydrogen (secondary N) is 2. The molecule has 1 heterocycles. The van der Waals surface area contributed by atoms with E-state index in [1.165, 1.54) is 0 Å². The lowest BCUT2D eigenvalue weighted by atomic mass is 10.1. The topological polar surface area (TPSA) is 57.8 Å².